The zero-order valence-corrected chi connectivity index (χ0v) is 13.8. The fourth-order valence-corrected chi connectivity index (χ4v) is 1.36. The third kappa shape index (κ3) is 8.83. The molecule has 0 radical (unpaired) electrons. The Morgan fingerprint density at radius 1 is 0.900 bits per heavy atom. The fraction of sp³-hybridized carbons (Fsp3) is 0.588. The number of rotatable bonds is 6. The average Bonchev–Trinajstić information content (AvgIpc) is 2.45. The number of benzene rings is 1. The first kappa shape index (κ1) is 18.8. The molecule has 3 nitrogen and oxygen atoms in total. The highest BCUT2D eigenvalue weighted by Gasteiger charge is 2.06. The lowest BCUT2D eigenvalue weighted by atomic mass is 10.2. The predicted molar refractivity (Wildman–Crippen MR) is 87.4 cm³/mol. The Kier molecular flexibility index (Phi) is 9.95. The van der Waals surface area contributed by atoms with E-state index in [1.807, 2.05) is 18.2 Å². The van der Waals surface area contributed by atoms with Gasteiger partial charge < -0.3 is 9.80 Å². The van der Waals surface area contributed by atoms with E-state index < -0.39 is 0 Å². The maximum Gasteiger partial charge on any atom is 0.150 e. The first-order valence-corrected chi connectivity index (χ1v) is 7.29. The Morgan fingerprint density at radius 3 is 1.55 bits per heavy atom. The van der Waals surface area contributed by atoms with Crippen LogP contribution in [0.25, 0.3) is 0 Å². The lowest BCUT2D eigenvalue weighted by molar-refractivity contribution is 0.112. The SMILES string of the molecule is CC(C)N(C)CCN(C)C(C)C.O=Cc1ccccc1. The summed E-state index contributed by atoms with van der Waals surface area (Å²) in [6, 6.07) is 10.4. The molecule has 0 aliphatic rings. The van der Waals surface area contributed by atoms with Crippen molar-refractivity contribution in [2.75, 3.05) is 27.2 Å². The van der Waals surface area contributed by atoms with Gasteiger partial charge in [0.25, 0.3) is 0 Å². The van der Waals surface area contributed by atoms with Crippen LogP contribution in [0.3, 0.4) is 0 Å². The van der Waals surface area contributed by atoms with Gasteiger partial charge in [0, 0.05) is 30.7 Å². The summed E-state index contributed by atoms with van der Waals surface area (Å²) in [7, 11) is 4.36. The summed E-state index contributed by atoms with van der Waals surface area (Å²) < 4.78 is 0. The van der Waals surface area contributed by atoms with Crippen molar-refractivity contribution in [3.63, 3.8) is 0 Å². The summed E-state index contributed by atoms with van der Waals surface area (Å²) in [6.45, 7) is 11.2. The highest BCUT2D eigenvalue weighted by molar-refractivity contribution is 5.74. The summed E-state index contributed by atoms with van der Waals surface area (Å²) in [6.07, 6.45) is 0.833. The fourth-order valence-electron chi connectivity index (χ4n) is 1.36. The van der Waals surface area contributed by atoms with Gasteiger partial charge in [0.2, 0.25) is 0 Å². The van der Waals surface area contributed by atoms with E-state index in [4.69, 9.17) is 0 Å². The molecule has 0 saturated carbocycles. The summed E-state index contributed by atoms with van der Waals surface area (Å²) in [5.41, 5.74) is 0.729. The van der Waals surface area contributed by atoms with Crippen LogP contribution in [0.1, 0.15) is 38.1 Å². The van der Waals surface area contributed by atoms with E-state index in [1.54, 1.807) is 12.1 Å². The first-order chi connectivity index (χ1) is 9.38. The van der Waals surface area contributed by atoms with Crippen molar-refractivity contribution >= 4 is 6.29 Å². The van der Waals surface area contributed by atoms with E-state index in [0.29, 0.717) is 12.1 Å². The normalized spacial score (nSPS) is 10.9. The molecule has 0 saturated heterocycles. The number of aldehydes is 1. The molecule has 114 valence electrons. The van der Waals surface area contributed by atoms with Gasteiger partial charge in [-0.1, -0.05) is 30.3 Å². The van der Waals surface area contributed by atoms with Gasteiger partial charge in [-0.3, -0.25) is 4.79 Å². The quantitative estimate of drug-likeness (QED) is 0.747. The van der Waals surface area contributed by atoms with Crippen LogP contribution in [0, 0.1) is 0 Å². The van der Waals surface area contributed by atoms with Gasteiger partial charge in [0.05, 0.1) is 0 Å². The number of carbonyl (C=O) groups is 1. The second-order valence-corrected chi connectivity index (χ2v) is 5.68. The lowest BCUT2D eigenvalue weighted by Crippen LogP contribution is -2.37. The molecule has 1 aromatic carbocycles. The summed E-state index contributed by atoms with van der Waals surface area (Å²) >= 11 is 0. The third-order valence-corrected chi connectivity index (χ3v) is 3.50. The van der Waals surface area contributed by atoms with E-state index in [9.17, 15) is 4.79 Å². The van der Waals surface area contributed by atoms with E-state index in [0.717, 1.165) is 24.9 Å². The van der Waals surface area contributed by atoms with E-state index in [2.05, 4.69) is 51.6 Å². The molecular formula is C17H30N2O. The molecule has 0 aliphatic heterocycles. The van der Waals surface area contributed by atoms with Crippen LogP contribution in [0.15, 0.2) is 30.3 Å². The van der Waals surface area contributed by atoms with Crippen molar-refractivity contribution in [3.8, 4) is 0 Å². The van der Waals surface area contributed by atoms with Crippen molar-refractivity contribution in [3.05, 3.63) is 35.9 Å². The molecule has 0 spiro atoms. The van der Waals surface area contributed by atoms with Gasteiger partial charge in [-0.25, -0.2) is 0 Å². The average molecular weight is 278 g/mol. The molecule has 1 rings (SSSR count). The predicted octanol–water partition coefficient (Wildman–Crippen LogP) is 3.17. The van der Waals surface area contributed by atoms with Gasteiger partial charge in [-0.05, 0) is 41.8 Å². The summed E-state index contributed by atoms with van der Waals surface area (Å²) in [5.74, 6) is 0. The Bertz CT molecular complexity index is 335. The molecule has 3 heteroatoms. The molecule has 0 bridgehead atoms. The van der Waals surface area contributed by atoms with Crippen LogP contribution in [0.2, 0.25) is 0 Å². The lowest BCUT2D eigenvalue weighted by Gasteiger charge is -2.26. The molecule has 0 aromatic heterocycles. The van der Waals surface area contributed by atoms with Crippen molar-refractivity contribution < 1.29 is 4.79 Å². The highest BCUT2D eigenvalue weighted by Crippen LogP contribution is 1.96. The van der Waals surface area contributed by atoms with E-state index in [1.165, 1.54) is 0 Å². The van der Waals surface area contributed by atoms with Crippen molar-refractivity contribution in [2.24, 2.45) is 0 Å². The highest BCUT2D eigenvalue weighted by atomic mass is 16.1. The topological polar surface area (TPSA) is 23.6 Å². The number of likely N-dealkylation sites (N-methyl/N-ethyl adjacent to an activating group) is 2. The van der Waals surface area contributed by atoms with Gasteiger partial charge in [-0.15, -0.1) is 0 Å². The molecule has 0 fully saturated rings. The number of nitrogens with zero attached hydrogens (tertiary/aromatic N) is 2. The molecule has 1 aromatic rings. The van der Waals surface area contributed by atoms with Crippen molar-refractivity contribution in [1.29, 1.82) is 0 Å². The van der Waals surface area contributed by atoms with Crippen molar-refractivity contribution in [1.82, 2.24) is 9.80 Å². The molecule has 0 unspecified atom stereocenters. The minimum Gasteiger partial charge on any atom is -0.303 e. The Hall–Kier alpha value is -1.19. The van der Waals surface area contributed by atoms with Crippen LogP contribution in [-0.2, 0) is 0 Å². The molecule has 0 aliphatic carbocycles. The van der Waals surface area contributed by atoms with E-state index >= 15 is 0 Å². The molecule has 20 heavy (non-hydrogen) atoms. The third-order valence-electron chi connectivity index (χ3n) is 3.50. The smallest absolute Gasteiger partial charge is 0.150 e. The van der Waals surface area contributed by atoms with Crippen molar-refractivity contribution in [2.45, 2.75) is 39.8 Å². The van der Waals surface area contributed by atoms with Crippen LogP contribution in [0.4, 0.5) is 0 Å². The van der Waals surface area contributed by atoms with Crippen LogP contribution >= 0.6 is 0 Å². The molecule has 0 atom stereocenters. The molecule has 0 amide bonds. The largest absolute Gasteiger partial charge is 0.303 e. The van der Waals surface area contributed by atoms with Gasteiger partial charge in [0.15, 0.2) is 0 Å². The number of hydrogen-bond donors (Lipinski definition) is 0. The standard InChI is InChI=1S/C10H24N2.C7H6O/c1-9(2)11(5)7-8-12(6)10(3)4;8-6-7-4-2-1-3-5-7/h9-10H,7-8H2,1-6H3;1-6H. The minimum atomic E-state index is 0.658. The molecule has 0 heterocycles. The van der Waals surface area contributed by atoms with Crippen LogP contribution in [-0.4, -0.2) is 55.4 Å². The Morgan fingerprint density at radius 2 is 1.30 bits per heavy atom. The Labute approximate surface area is 124 Å². The zero-order chi connectivity index (χ0) is 15.5. The van der Waals surface area contributed by atoms with Gasteiger partial charge in [0.1, 0.15) is 6.29 Å². The van der Waals surface area contributed by atoms with Crippen LogP contribution < -0.4 is 0 Å². The van der Waals surface area contributed by atoms with Crippen LogP contribution in [0.5, 0.6) is 0 Å². The number of carbonyl (C=O) groups excluding carboxylic acids is 1. The monoisotopic (exact) mass is 278 g/mol. The van der Waals surface area contributed by atoms with E-state index in [-0.39, 0.29) is 0 Å². The maximum absolute atomic E-state index is 10.0. The Balaban J connectivity index is 0.000000388. The zero-order valence-electron chi connectivity index (χ0n) is 13.8. The minimum absolute atomic E-state index is 0.658. The molecule has 0 N–H and O–H groups in total. The second-order valence-electron chi connectivity index (χ2n) is 5.68. The van der Waals surface area contributed by atoms with Gasteiger partial charge in [-0.2, -0.15) is 0 Å². The first-order valence-electron chi connectivity index (χ1n) is 7.29. The number of hydrogen-bond acceptors (Lipinski definition) is 3. The second kappa shape index (κ2) is 10.6. The maximum atomic E-state index is 10.0. The molecular weight excluding hydrogens is 248 g/mol. The van der Waals surface area contributed by atoms with Gasteiger partial charge >= 0.3 is 0 Å². The summed E-state index contributed by atoms with van der Waals surface area (Å²) in [5, 5.41) is 0. The summed E-state index contributed by atoms with van der Waals surface area (Å²) in [4.78, 5) is 14.8.